The number of ether oxygens (including phenoxy) is 2. The van der Waals surface area contributed by atoms with Gasteiger partial charge in [0.1, 0.15) is 5.75 Å². The van der Waals surface area contributed by atoms with Crippen LogP contribution in [-0.4, -0.2) is 24.6 Å². The van der Waals surface area contributed by atoms with Crippen molar-refractivity contribution in [2.75, 3.05) is 12.4 Å². The minimum Gasteiger partial charge on any atom is -0.494 e. The summed E-state index contributed by atoms with van der Waals surface area (Å²) in [6.45, 7) is -2.93. The molecule has 3 aromatic rings. The van der Waals surface area contributed by atoms with E-state index in [2.05, 4.69) is 15.0 Å². The number of nitrogens with one attached hydrogen (secondary N) is 1. The third kappa shape index (κ3) is 4.56. The lowest BCUT2D eigenvalue weighted by Crippen LogP contribution is -2.11. The summed E-state index contributed by atoms with van der Waals surface area (Å²) in [7, 11) is 1.38. The Hall–Kier alpha value is -3.07. The SMILES string of the molecule is COc1ccc(-c2csc(NC(=O)c3ccc(OC(F)F)cc3)n2)cc1F. The summed E-state index contributed by atoms with van der Waals surface area (Å²) in [5.41, 5.74) is 1.29. The topological polar surface area (TPSA) is 60.5 Å². The quantitative estimate of drug-likeness (QED) is 0.652. The normalized spacial score (nSPS) is 10.7. The van der Waals surface area contributed by atoms with Gasteiger partial charge in [-0.3, -0.25) is 10.1 Å². The van der Waals surface area contributed by atoms with Gasteiger partial charge in [-0.05, 0) is 42.5 Å². The number of methoxy groups -OCH3 is 1. The fourth-order valence-corrected chi connectivity index (χ4v) is 2.96. The number of nitrogens with zero attached hydrogens (tertiary/aromatic N) is 1. The lowest BCUT2D eigenvalue weighted by atomic mass is 10.1. The number of anilines is 1. The highest BCUT2D eigenvalue weighted by Gasteiger charge is 2.12. The number of halogens is 3. The smallest absolute Gasteiger partial charge is 0.387 e. The molecule has 0 bridgehead atoms. The molecular weight excluding hydrogens is 381 g/mol. The number of alkyl halides is 2. The zero-order valence-corrected chi connectivity index (χ0v) is 14.7. The molecule has 0 radical (unpaired) electrons. The summed E-state index contributed by atoms with van der Waals surface area (Å²) in [6, 6.07) is 9.71. The number of thiazole rings is 1. The number of hydrogen-bond donors (Lipinski definition) is 1. The van der Waals surface area contributed by atoms with Gasteiger partial charge in [0, 0.05) is 16.5 Å². The second-order valence-corrected chi connectivity index (χ2v) is 6.10. The van der Waals surface area contributed by atoms with Crippen molar-refractivity contribution in [2.24, 2.45) is 0 Å². The molecule has 9 heteroatoms. The van der Waals surface area contributed by atoms with E-state index in [1.165, 1.54) is 54.8 Å². The molecule has 0 aliphatic carbocycles. The zero-order valence-electron chi connectivity index (χ0n) is 13.9. The Labute approximate surface area is 156 Å². The van der Waals surface area contributed by atoms with Gasteiger partial charge in [-0.25, -0.2) is 9.37 Å². The molecule has 3 rings (SSSR count). The molecule has 0 saturated carbocycles. The van der Waals surface area contributed by atoms with Crippen LogP contribution >= 0.6 is 11.3 Å². The van der Waals surface area contributed by atoms with E-state index in [9.17, 15) is 18.0 Å². The van der Waals surface area contributed by atoms with E-state index in [-0.39, 0.29) is 17.1 Å². The van der Waals surface area contributed by atoms with Crippen molar-refractivity contribution in [1.29, 1.82) is 0 Å². The van der Waals surface area contributed by atoms with E-state index in [1.54, 1.807) is 11.4 Å². The molecule has 0 saturated heterocycles. The molecule has 0 spiro atoms. The van der Waals surface area contributed by atoms with Crippen LogP contribution in [0, 0.1) is 5.82 Å². The number of aromatic nitrogens is 1. The van der Waals surface area contributed by atoms with Gasteiger partial charge >= 0.3 is 6.61 Å². The Morgan fingerprint density at radius 3 is 2.56 bits per heavy atom. The fraction of sp³-hybridized carbons (Fsp3) is 0.111. The Morgan fingerprint density at radius 1 is 1.19 bits per heavy atom. The number of amides is 1. The average Bonchev–Trinajstić information content (AvgIpc) is 3.10. The highest BCUT2D eigenvalue weighted by atomic mass is 32.1. The highest BCUT2D eigenvalue weighted by molar-refractivity contribution is 7.14. The molecule has 0 aliphatic rings. The second kappa shape index (κ2) is 8.09. The molecule has 5 nitrogen and oxygen atoms in total. The maximum atomic E-state index is 13.8. The van der Waals surface area contributed by atoms with Crippen LogP contribution in [0.25, 0.3) is 11.3 Å². The van der Waals surface area contributed by atoms with E-state index >= 15 is 0 Å². The predicted octanol–water partition coefficient (Wildman–Crippen LogP) is 4.81. The lowest BCUT2D eigenvalue weighted by molar-refractivity contribution is -0.0498. The van der Waals surface area contributed by atoms with Gasteiger partial charge in [-0.1, -0.05) is 0 Å². The Balaban J connectivity index is 1.70. The summed E-state index contributed by atoms with van der Waals surface area (Å²) in [5, 5.41) is 4.60. The Kier molecular flexibility index (Phi) is 5.60. The zero-order chi connectivity index (χ0) is 19.4. The predicted molar refractivity (Wildman–Crippen MR) is 95.1 cm³/mol. The third-order valence-corrected chi connectivity index (χ3v) is 4.27. The van der Waals surface area contributed by atoms with Gasteiger partial charge in [-0.2, -0.15) is 8.78 Å². The second-order valence-electron chi connectivity index (χ2n) is 5.24. The minimum absolute atomic E-state index is 0.0420. The summed E-state index contributed by atoms with van der Waals surface area (Å²) in [4.78, 5) is 16.5. The molecule has 1 N–H and O–H groups in total. The van der Waals surface area contributed by atoms with E-state index < -0.39 is 18.3 Å². The molecule has 0 fully saturated rings. The van der Waals surface area contributed by atoms with Crippen molar-refractivity contribution in [1.82, 2.24) is 4.98 Å². The maximum absolute atomic E-state index is 13.8. The van der Waals surface area contributed by atoms with Crippen molar-refractivity contribution >= 4 is 22.4 Å². The average molecular weight is 394 g/mol. The van der Waals surface area contributed by atoms with Crippen molar-refractivity contribution in [3.8, 4) is 22.8 Å². The van der Waals surface area contributed by atoms with Crippen molar-refractivity contribution in [2.45, 2.75) is 6.61 Å². The van der Waals surface area contributed by atoms with Crippen LogP contribution in [0.15, 0.2) is 47.8 Å². The van der Waals surface area contributed by atoms with Gasteiger partial charge in [0.05, 0.1) is 12.8 Å². The molecule has 27 heavy (non-hydrogen) atoms. The summed E-state index contributed by atoms with van der Waals surface area (Å²) in [6.07, 6.45) is 0. The first-order chi connectivity index (χ1) is 13.0. The van der Waals surface area contributed by atoms with Gasteiger partial charge in [0.25, 0.3) is 5.91 Å². The highest BCUT2D eigenvalue weighted by Crippen LogP contribution is 2.28. The van der Waals surface area contributed by atoms with Crippen LogP contribution in [-0.2, 0) is 0 Å². The van der Waals surface area contributed by atoms with Crippen LogP contribution in [0.4, 0.5) is 18.3 Å². The van der Waals surface area contributed by atoms with Crippen LogP contribution in [0.5, 0.6) is 11.5 Å². The van der Waals surface area contributed by atoms with Gasteiger partial charge in [-0.15, -0.1) is 11.3 Å². The van der Waals surface area contributed by atoms with Gasteiger partial charge < -0.3 is 9.47 Å². The Morgan fingerprint density at radius 2 is 1.93 bits per heavy atom. The summed E-state index contributed by atoms with van der Waals surface area (Å²) in [5.74, 6) is -0.888. The summed E-state index contributed by atoms with van der Waals surface area (Å²) < 4.78 is 47.2. The molecular formula is C18H13F3N2O3S. The molecule has 1 amide bonds. The molecule has 2 aromatic carbocycles. The number of benzene rings is 2. The van der Waals surface area contributed by atoms with E-state index in [1.807, 2.05) is 0 Å². The molecule has 1 aromatic heterocycles. The van der Waals surface area contributed by atoms with Crippen molar-refractivity contribution < 1.29 is 27.4 Å². The molecule has 1 heterocycles. The van der Waals surface area contributed by atoms with E-state index in [4.69, 9.17) is 4.74 Å². The van der Waals surface area contributed by atoms with Crippen molar-refractivity contribution in [3.63, 3.8) is 0 Å². The van der Waals surface area contributed by atoms with E-state index in [0.29, 0.717) is 16.4 Å². The third-order valence-electron chi connectivity index (χ3n) is 3.51. The fourth-order valence-electron chi connectivity index (χ4n) is 2.25. The Bertz CT molecular complexity index is 945. The first-order valence-electron chi connectivity index (χ1n) is 7.62. The first kappa shape index (κ1) is 18.7. The molecule has 0 aliphatic heterocycles. The monoisotopic (exact) mass is 394 g/mol. The number of rotatable bonds is 6. The largest absolute Gasteiger partial charge is 0.494 e. The maximum Gasteiger partial charge on any atom is 0.387 e. The lowest BCUT2D eigenvalue weighted by Gasteiger charge is -2.05. The standard InChI is InChI=1S/C18H13F3N2O3S/c1-25-15-7-4-11(8-13(15)19)14-9-27-18(22-14)23-16(24)10-2-5-12(6-3-10)26-17(20)21/h2-9,17H,1H3,(H,22,23,24). The molecule has 0 unspecified atom stereocenters. The van der Waals surface area contributed by atoms with E-state index in [0.717, 1.165) is 0 Å². The number of hydrogen-bond acceptors (Lipinski definition) is 5. The van der Waals surface area contributed by atoms with Gasteiger partial charge in [0.15, 0.2) is 16.7 Å². The first-order valence-corrected chi connectivity index (χ1v) is 8.50. The van der Waals surface area contributed by atoms with Crippen LogP contribution in [0.2, 0.25) is 0 Å². The number of carbonyl (C=O) groups is 1. The molecule has 140 valence electrons. The minimum atomic E-state index is -2.93. The molecule has 0 atom stereocenters. The van der Waals surface area contributed by atoms with Gasteiger partial charge in [0.2, 0.25) is 0 Å². The van der Waals surface area contributed by atoms with Crippen LogP contribution in [0.1, 0.15) is 10.4 Å². The summed E-state index contributed by atoms with van der Waals surface area (Å²) >= 11 is 1.17. The number of carbonyl (C=O) groups excluding carboxylic acids is 1. The van der Waals surface area contributed by atoms with Crippen LogP contribution in [0.3, 0.4) is 0 Å². The van der Waals surface area contributed by atoms with Crippen LogP contribution < -0.4 is 14.8 Å². The van der Waals surface area contributed by atoms with Crippen molar-refractivity contribution in [3.05, 3.63) is 59.2 Å².